The molecule has 33 heavy (non-hydrogen) atoms. The lowest BCUT2D eigenvalue weighted by Gasteiger charge is -2.34. The van der Waals surface area contributed by atoms with Crippen LogP contribution in [0.2, 0.25) is 0 Å². The predicted octanol–water partition coefficient (Wildman–Crippen LogP) is 8.04. The average Bonchev–Trinajstić information content (AvgIpc) is 2.76. The van der Waals surface area contributed by atoms with Gasteiger partial charge in [0.15, 0.2) is 0 Å². The Labute approximate surface area is 199 Å². The molecule has 0 radical (unpaired) electrons. The van der Waals surface area contributed by atoms with Crippen molar-refractivity contribution in [2.24, 2.45) is 0 Å². The van der Waals surface area contributed by atoms with Gasteiger partial charge in [0.05, 0.1) is 17.9 Å². The maximum absolute atomic E-state index is 12.0. The van der Waals surface area contributed by atoms with Crippen LogP contribution in [0.1, 0.15) is 95.6 Å². The van der Waals surface area contributed by atoms with E-state index in [1.165, 1.54) is 16.7 Å². The van der Waals surface area contributed by atoms with E-state index in [9.17, 15) is 4.79 Å². The Balaban J connectivity index is 1.99. The first-order valence-corrected chi connectivity index (χ1v) is 12.1. The topological polar surface area (TPSA) is 47.6 Å². The summed E-state index contributed by atoms with van der Waals surface area (Å²) in [5, 5.41) is 3.54. The molecule has 178 valence electrons. The number of allylic oxidation sites excluding steroid dienone is 2. The van der Waals surface area contributed by atoms with Crippen LogP contribution in [0.15, 0.2) is 42.5 Å². The number of nitrogens with one attached hydrogen (secondary N) is 1. The second-order valence-corrected chi connectivity index (χ2v) is 10.3. The smallest absolute Gasteiger partial charge is 0.338 e. The van der Waals surface area contributed by atoms with Gasteiger partial charge < -0.3 is 14.8 Å². The lowest BCUT2D eigenvalue weighted by Crippen LogP contribution is -2.29. The molecule has 4 nitrogen and oxygen atoms in total. The number of esters is 1. The molecule has 0 fully saturated rings. The van der Waals surface area contributed by atoms with Gasteiger partial charge in [-0.2, -0.15) is 0 Å². The lowest BCUT2D eigenvalue weighted by atomic mass is 9.73. The van der Waals surface area contributed by atoms with Gasteiger partial charge >= 0.3 is 5.97 Å². The van der Waals surface area contributed by atoms with E-state index in [0.717, 1.165) is 42.8 Å². The van der Waals surface area contributed by atoms with Crippen LogP contribution in [-0.4, -0.2) is 18.2 Å². The highest BCUT2D eigenvalue weighted by Crippen LogP contribution is 2.44. The molecule has 0 heterocycles. The van der Waals surface area contributed by atoms with E-state index in [4.69, 9.17) is 9.47 Å². The summed E-state index contributed by atoms with van der Waals surface area (Å²) in [7, 11) is 0. The van der Waals surface area contributed by atoms with Crippen molar-refractivity contribution in [3.05, 3.63) is 59.2 Å². The molecule has 3 rings (SSSR count). The van der Waals surface area contributed by atoms with Crippen LogP contribution < -0.4 is 10.1 Å². The zero-order valence-corrected chi connectivity index (χ0v) is 21.3. The van der Waals surface area contributed by atoms with Gasteiger partial charge in [0.25, 0.3) is 0 Å². The van der Waals surface area contributed by atoms with Gasteiger partial charge in [-0.15, -0.1) is 0 Å². The van der Waals surface area contributed by atoms with E-state index < -0.39 is 0 Å². The average molecular weight is 450 g/mol. The molecule has 4 heteroatoms. The van der Waals surface area contributed by atoms with Crippen LogP contribution in [0.3, 0.4) is 0 Å². The highest BCUT2D eigenvalue weighted by atomic mass is 16.5. The second-order valence-electron chi connectivity index (χ2n) is 10.3. The van der Waals surface area contributed by atoms with Crippen molar-refractivity contribution >= 4 is 22.9 Å². The van der Waals surface area contributed by atoms with Crippen LogP contribution in [0.5, 0.6) is 5.75 Å². The van der Waals surface area contributed by atoms with Crippen molar-refractivity contribution in [1.29, 1.82) is 0 Å². The number of unbranched alkanes of at least 4 members (excludes halogenated alkanes) is 1. The Kier molecular flexibility index (Phi) is 7.56. The molecule has 0 bridgehead atoms. The molecule has 0 spiro atoms. The first-order valence-electron chi connectivity index (χ1n) is 12.1. The molecule has 2 aromatic carbocycles. The van der Waals surface area contributed by atoms with Crippen molar-refractivity contribution in [2.45, 2.75) is 85.2 Å². The van der Waals surface area contributed by atoms with Gasteiger partial charge in [-0.05, 0) is 105 Å². The standard InChI is InChI=1S/C29H39NO3/c1-8-10-16-29(6,7)33-26-19-24-23(20(3)15-17-28(24,4)5)18-25(26)30-22-13-11-21(12-14-22)27(31)32-9-2/h11-15,18-19,30H,8-10,16-17H2,1-7H3. The van der Waals surface area contributed by atoms with Gasteiger partial charge in [-0.25, -0.2) is 4.79 Å². The largest absolute Gasteiger partial charge is 0.486 e. The summed E-state index contributed by atoms with van der Waals surface area (Å²) in [6, 6.07) is 11.8. The number of fused-ring (bicyclic) bond motifs is 1. The molecule has 1 aliphatic carbocycles. The van der Waals surface area contributed by atoms with Gasteiger partial charge in [0, 0.05) is 5.69 Å². The summed E-state index contributed by atoms with van der Waals surface area (Å²) in [5.41, 5.74) is 6.05. The van der Waals surface area contributed by atoms with Crippen LogP contribution in [0.4, 0.5) is 11.4 Å². The first-order chi connectivity index (χ1) is 15.6. The maximum Gasteiger partial charge on any atom is 0.338 e. The SMILES string of the molecule is CCCCC(C)(C)Oc1cc2c(cc1Nc1ccc(C(=O)OCC)cc1)C(C)=CCC2(C)C. The van der Waals surface area contributed by atoms with Gasteiger partial charge in [-0.3, -0.25) is 0 Å². The molecule has 0 amide bonds. The monoisotopic (exact) mass is 449 g/mol. The highest BCUT2D eigenvalue weighted by molar-refractivity contribution is 5.90. The zero-order chi connectivity index (χ0) is 24.2. The third-order valence-corrected chi connectivity index (χ3v) is 6.39. The first kappa shape index (κ1) is 24.9. The van der Waals surface area contributed by atoms with Crippen molar-refractivity contribution < 1.29 is 14.3 Å². The number of carbonyl (C=O) groups is 1. The summed E-state index contributed by atoms with van der Waals surface area (Å²) < 4.78 is 11.7. The molecule has 0 aromatic heterocycles. The van der Waals surface area contributed by atoms with E-state index in [-0.39, 0.29) is 17.0 Å². The van der Waals surface area contributed by atoms with Crippen LogP contribution in [0, 0.1) is 0 Å². The molecule has 0 unspecified atom stereocenters. The fraction of sp³-hybridized carbons (Fsp3) is 0.483. The van der Waals surface area contributed by atoms with E-state index >= 15 is 0 Å². The van der Waals surface area contributed by atoms with Gasteiger partial charge in [0.1, 0.15) is 11.4 Å². The van der Waals surface area contributed by atoms with Crippen molar-refractivity contribution in [3.63, 3.8) is 0 Å². The van der Waals surface area contributed by atoms with Crippen LogP contribution in [0.25, 0.3) is 5.57 Å². The number of benzene rings is 2. The highest BCUT2D eigenvalue weighted by Gasteiger charge is 2.30. The molecule has 1 N–H and O–H groups in total. The molecule has 0 saturated heterocycles. The fourth-order valence-corrected chi connectivity index (χ4v) is 4.29. The van der Waals surface area contributed by atoms with Crippen LogP contribution in [-0.2, 0) is 10.2 Å². The maximum atomic E-state index is 12.0. The number of hydrogen-bond acceptors (Lipinski definition) is 4. The molecule has 2 aromatic rings. The van der Waals surface area contributed by atoms with Crippen molar-refractivity contribution in [1.82, 2.24) is 0 Å². The molecule has 0 atom stereocenters. The Hall–Kier alpha value is -2.75. The molecule has 1 aliphatic rings. The van der Waals surface area contributed by atoms with Crippen LogP contribution >= 0.6 is 0 Å². The minimum atomic E-state index is -0.303. The second kappa shape index (κ2) is 10.0. The summed E-state index contributed by atoms with van der Waals surface area (Å²) in [6.45, 7) is 15.5. The summed E-state index contributed by atoms with van der Waals surface area (Å²) in [4.78, 5) is 12.0. The minimum absolute atomic E-state index is 0.0559. The normalized spacial score (nSPS) is 14.8. The Bertz CT molecular complexity index is 1020. The van der Waals surface area contributed by atoms with Crippen molar-refractivity contribution in [2.75, 3.05) is 11.9 Å². The molecular formula is C29H39NO3. The lowest BCUT2D eigenvalue weighted by molar-refractivity contribution is 0.0526. The van der Waals surface area contributed by atoms with Crippen molar-refractivity contribution in [3.8, 4) is 5.75 Å². The number of anilines is 2. The minimum Gasteiger partial charge on any atom is -0.486 e. The molecule has 0 saturated carbocycles. The number of carbonyl (C=O) groups excluding carboxylic acids is 1. The Morgan fingerprint density at radius 1 is 1.12 bits per heavy atom. The molecular weight excluding hydrogens is 410 g/mol. The number of ether oxygens (including phenoxy) is 2. The summed E-state index contributed by atoms with van der Waals surface area (Å²) in [5.74, 6) is 0.564. The third kappa shape index (κ3) is 5.98. The van der Waals surface area contributed by atoms with Gasteiger partial charge in [-0.1, -0.05) is 33.3 Å². The van der Waals surface area contributed by atoms with E-state index in [1.54, 1.807) is 12.1 Å². The van der Waals surface area contributed by atoms with Gasteiger partial charge in [0.2, 0.25) is 0 Å². The quantitative estimate of drug-likeness (QED) is 0.394. The van der Waals surface area contributed by atoms with E-state index in [2.05, 4.69) is 65.1 Å². The number of rotatable bonds is 9. The van der Waals surface area contributed by atoms with E-state index in [0.29, 0.717) is 12.2 Å². The van der Waals surface area contributed by atoms with E-state index in [1.807, 2.05) is 19.1 Å². The Morgan fingerprint density at radius 3 is 2.45 bits per heavy atom. The molecule has 0 aliphatic heterocycles. The summed E-state index contributed by atoms with van der Waals surface area (Å²) >= 11 is 0. The summed E-state index contributed by atoms with van der Waals surface area (Å²) in [6.07, 6.45) is 6.62. The third-order valence-electron chi connectivity index (χ3n) is 6.39. The predicted molar refractivity (Wildman–Crippen MR) is 138 cm³/mol. The fourth-order valence-electron chi connectivity index (χ4n) is 4.29. The Morgan fingerprint density at radius 2 is 1.82 bits per heavy atom. The zero-order valence-electron chi connectivity index (χ0n) is 21.3. The number of hydrogen-bond donors (Lipinski definition) is 1.